The minimum absolute atomic E-state index is 0.0167. The van der Waals surface area contributed by atoms with Gasteiger partial charge in [0.15, 0.2) is 5.78 Å². The second-order valence-corrected chi connectivity index (χ2v) is 6.04. The molecule has 18 heavy (non-hydrogen) atoms. The lowest BCUT2D eigenvalue weighted by Crippen LogP contribution is -2.41. The van der Waals surface area contributed by atoms with Crippen LogP contribution in [-0.2, 0) is 15.6 Å². The van der Waals surface area contributed by atoms with E-state index in [9.17, 15) is 13.8 Å². The summed E-state index contributed by atoms with van der Waals surface area (Å²) in [6.07, 6.45) is 0.413. The SMILES string of the molecule is CCC(=O)c1ccc2c(c1)N(C)C(=O)C(C)S2=O. The molecule has 0 spiro atoms. The van der Waals surface area contributed by atoms with Crippen molar-refractivity contribution in [3.63, 3.8) is 0 Å². The van der Waals surface area contributed by atoms with Gasteiger partial charge >= 0.3 is 0 Å². The van der Waals surface area contributed by atoms with Crippen LogP contribution in [0.4, 0.5) is 5.69 Å². The fraction of sp³-hybridized carbons (Fsp3) is 0.385. The number of fused-ring (bicyclic) bond motifs is 1. The van der Waals surface area contributed by atoms with Crippen molar-refractivity contribution in [2.24, 2.45) is 0 Å². The van der Waals surface area contributed by atoms with Gasteiger partial charge in [-0.2, -0.15) is 0 Å². The van der Waals surface area contributed by atoms with Crippen molar-refractivity contribution < 1.29 is 13.8 Å². The molecule has 0 bridgehead atoms. The normalized spacial score (nSPS) is 22.8. The number of carbonyl (C=O) groups is 2. The van der Waals surface area contributed by atoms with Crippen molar-refractivity contribution in [2.75, 3.05) is 11.9 Å². The van der Waals surface area contributed by atoms with Gasteiger partial charge in [-0.05, 0) is 19.1 Å². The maximum Gasteiger partial charge on any atom is 0.242 e. The molecule has 0 saturated carbocycles. The van der Waals surface area contributed by atoms with Crippen LogP contribution in [0.5, 0.6) is 0 Å². The van der Waals surface area contributed by atoms with E-state index >= 15 is 0 Å². The van der Waals surface area contributed by atoms with Gasteiger partial charge in [0.05, 0.1) is 21.4 Å². The molecule has 96 valence electrons. The second kappa shape index (κ2) is 4.65. The van der Waals surface area contributed by atoms with Gasteiger partial charge in [0.1, 0.15) is 5.25 Å². The molecule has 1 aliphatic rings. The van der Waals surface area contributed by atoms with Gasteiger partial charge in [0.25, 0.3) is 0 Å². The number of amides is 1. The molecule has 4 nitrogen and oxygen atoms in total. The minimum atomic E-state index is -1.34. The molecule has 0 saturated heterocycles. The van der Waals surface area contributed by atoms with Gasteiger partial charge in [-0.25, -0.2) is 0 Å². The predicted molar refractivity (Wildman–Crippen MR) is 70.3 cm³/mol. The average molecular weight is 265 g/mol. The van der Waals surface area contributed by atoms with Gasteiger partial charge in [0, 0.05) is 19.0 Å². The Morgan fingerprint density at radius 2 is 2.11 bits per heavy atom. The van der Waals surface area contributed by atoms with Gasteiger partial charge in [-0.3, -0.25) is 13.8 Å². The van der Waals surface area contributed by atoms with Crippen LogP contribution in [0.1, 0.15) is 30.6 Å². The molecule has 0 radical (unpaired) electrons. The molecule has 2 rings (SSSR count). The molecule has 1 heterocycles. The third-order valence-electron chi connectivity index (χ3n) is 3.18. The number of benzene rings is 1. The summed E-state index contributed by atoms with van der Waals surface area (Å²) in [4.78, 5) is 25.7. The first kappa shape index (κ1) is 13.0. The van der Waals surface area contributed by atoms with E-state index in [1.807, 2.05) is 0 Å². The largest absolute Gasteiger partial charge is 0.313 e. The zero-order valence-electron chi connectivity index (χ0n) is 10.6. The lowest BCUT2D eigenvalue weighted by Gasteiger charge is -2.29. The quantitative estimate of drug-likeness (QED) is 0.765. The Morgan fingerprint density at radius 3 is 2.72 bits per heavy atom. The van der Waals surface area contributed by atoms with Gasteiger partial charge in [0.2, 0.25) is 5.91 Å². The van der Waals surface area contributed by atoms with Crippen LogP contribution in [0.15, 0.2) is 23.1 Å². The first-order chi connectivity index (χ1) is 8.47. The van der Waals surface area contributed by atoms with E-state index in [-0.39, 0.29) is 11.7 Å². The van der Waals surface area contributed by atoms with E-state index < -0.39 is 16.0 Å². The maximum atomic E-state index is 12.1. The van der Waals surface area contributed by atoms with Gasteiger partial charge in [-0.15, -0.1) is 0 Å². The van der Waals surface area contributed by atoms with Crippen molar-refractivity contribution in [1.29, 1.82) is 0 Å². The Kier molecular flexibility index (Phi) is 3.34. The summed E-state index contributed by atoms with van der Waals surface area (Å²) in [7, 11) is 0.310. The third kappa shape index (κ3) is 1.88. The molecule has 1 aromatic rings. The van der Waals surface area contributed by atoms with Crippen LogP contribution in [0.25, 0.3) is 0 Å². The maximum absolute atomic E-state index is 12.1. The Labute approximate surface area is 108 Å². The molecule has 2 unspecified atom stereocenters. The number of hydrogen-bond donors (Lipinski definition) is 0. The number of rotatable bonds is 2. The minimum Gasteiger partial charge on any atom is -0.313 e. The van der Waals surface area contributed by atoms with Crippen molar-refractivity contribution in [3.05, 3.63) is 23.8 Å². The molecule has 0 aliphatic carbocycles. The van der Waals surface area contributed by atoms with Crippen LogP contribution in [0.2, 0.25) is 0 Å². The van der Waals surface area contributed by atoms with Crippen molar-refractivity contribution >= 4 is 28.2 Å². The number of anilines is 1. The number of Topliss-reactive ketones (excluding diaryl/α,β-unsaturated/α-hetero) is 1. The number of ketones is 1. The van der Waals surface area contributed by atoms with E-state index in [0.717, 1.165) is 0 Å². The molecule has 1 aromatic carbocycles. The molecular weight excluding hydrogens is 250 g/mol. The zero-order valence-corrected chi connectivity index (χ0v) is 11.4. The van der Waals surface area contributed by atoms with Gasteiger partial charge < -0.3 is 4.90 Å². The van der Waals surface area contributed by atoms with E-state index in [0.29, 0.717) is 22.6 Å². The van der Waals surface area contributed by atoms with E-state index in [1.165, 1.54) is 4.90 Å². The summed E-state index contributed by atoms with van der Waals surface area (Å²) < 4.78 is 12.1. The summed E-state index contributed by atoms with van der Waals surface area (Å²) in [5, 5.41) is -0.532. The van der Waals surface area contributed by atoms with Crippen LogP contribution >= 0.6 is 0 Å². The van der Waals surface area contributed by atoms with Crippen molar-refractivity contribution in [2.45, 2.75) is 30.4 Å². The Bertz CT molecular complexity index is 553. The summed E-state index contributed by atoms with van der Waals surface area (Å²) in [6.45, 7) is 3.44. The molecule has 5 heteroatoms. The lowest BCUT2D eigenvalue weighted by molar-refractivity contribution is -0.117. The zero-order chi connectivity index (χ0) is 13.4. The van der Waals surface area contributed by atoms with Crippen molar-refractivity contribution in [1.82, 2.24) is 0 Å². The Balaban J connectivity index is 2.56. The number of carbonyl (C=O) groups excluding carboxylic acids is 2. The number of nitrogens with zero attached hydrogens (tertiary/aromatic N) is 1. The van der Waals surface area contributed by atoms with Crippen LogP contribution < -0.4 is 4.90 Å². The smallest absolute Gasteiger partial charge is 0.242 e. The molecule has 0 fully saturated rings. The molecule has 2 atom stereocenters. The lowest BCUT2D eigenvalue weighted by atomic mass is 10.1. The summed E-state index contributed by atoms with van der Waals surface area (Å²) in [6, 6.07) is 5.02. The second-order valence-electron chi connectivity index (χ2n) is 4.30. The highest BCUT2D eigenvalue weighted by molar-refractivity contribution is 7.86. The van der Waals surface area contributed by atoms with Crippen LogP contribution in [0, 0.1) is 0 Å². The Morgan fingerprint density at radius 1 is 1.44 bits per heavy atom. The highest BCUT2D eigenvalue weighted by Gasteiger charge is 2.33. The number of hydrogen-bond acceptors (Lipinski definition) is 3. The first-order valence-electron chi connectivity index (χ1n) is 5.82. The predicted octanol–water partition coefficient (Wildman–Crippen LogP) is 1.75. The first-order valence-corrected chi connectivity index (χ1v) is 7.04. The standard InChI is InChI=1S/C13H15NO3S/c1-4-11(15)9-5-6-12-10(7-9)14(3)13(16)8(2)18(12)17/h5-8H,4H2,1-3H3. The fourth-order valence-electron chi connectivity index (χ4n) is 2.00. The Hall–Kier alpha value is -1.49. The topological polar surface area (TPSA) is 54.5 Å². The molecule has 1 aliphatic heterocycles. The van der Waals surface area contributed by atoms with E-state index in [1.54, 1.807) is 39.1 Å². The summed E-state index contributed by atoms with van der Waals surface area (Å²) in [5.74, 6) is -0.162. The van der Waals surface area contributed by atoms with Crippen LogP contribution in [0.3, 0.4) is 0 Å². The fourth-order valence-corrected chi connectivity index (χ4v) is 3.33. The molecular formula is C13H15NO3S. The molecule has 1 amide bonds. The molecule has 0 aromatic heterocycles. The molecule has 0 N–H and O–H groups in total. The third-order valence-corrected chi connectivity index (χ3v) is 4.80. The monoisotopic (exact) mass is 265 g/mol. The highest BCUT2D eigenvalue weighted by atomic mass is 32.2. The van der Waals surface area contributed by atoms with Crippen LogP contribution in [-0.4, -0.2) is 28.2 Å². The van der Waals surface area contributed by atoms with E-state index in [2.05, 4.69) is 0 Å². The van der Waals surface area contributed by atoms with Gasteiger partial charge in [-0.1, -0.05) is 13.0 Å². The summed E-state index contributed by atoms with van der Waals surface area (Å²) >= 11 is 0. The highest BCUT2D eigenvalue weighted by Crippen LogP contribution is 2.32. The van der Waals surface area contributed by atoms with Crippen molar-refractivity contribution in [3.8, 4) is 0 Å². The average Bonchev–Trinajstić information content (AvgIpc) is 2.41. The van der Waals surface area contributed by atoms with E-state index in [4.69, 9.17) is 0 Å². The summed E-state index contributed by atoms with van der Waals surface area (Å²) in [5.41, 5.74) is 1.14.